The summed E-state index contributed by atoms with van der Waals surface area (Å²) >= 11 is 0. The highest BCUT2D eigenvalue weighted by Crippen LogP contribution is 2.27. The van der Waals surface area contributed by atoms with Gasteiger partial charge in [-0.25, -0.2) is 0 Å². The van der Waals surface area contributed by atoms with Crippen LogP contribution in [0.25, 0.3) is 11.4 Å². The van der Waals surface area contributed by atoms with Crippen LogP contribution in [0.3, 0.4) is 0 Å². The first-order valence-electron chi connectivity index (χ1n) is 9.86. The average Bonchev–Trinajstić information content (AvgIpc) is 3.20. The molecule has 1 aromatic heterocycles. The molecule has 6 heteroatoms. The van der Waals surface area contributed by atoms with Crippen LogP contribution in [0.5, 0.6) is 0 Å². The molecule has 2 bridgehead atoms. The molecule has 0 aliphatic carbocycles. The summed E-state index contributed by atoms with van der Waals surface area (Å²) in [5.74, 6) is 1.13. The van der Waals surface area contributed by atoms with Crippen LogP contribution in [-0.2, 0) is 6.42 Å². The summed E-state index contributed by atoms with van der Waals surface area (Å²) in [5.41, 5.74) is 1.53. The van der Waals surface area contributed by atoms with Gasteiger partial charge in [-0.15, -0.1) is 0 Å². The third kappa shape index (κ3) is 4.38. The van der Waals surface area contributed by atoms with E-state index in [4.69, 9.17) is 4.52 Å². The Morgan fingerprint density at radius 1 is 1.26 bits per heavy atom. The van der Waals surface area contributed by atoms with Crippen molar-refractivity contribution in [2.24, 2.45) is 5.41 Å². The molecule has 2 atom stereocenters. The molecule has 4 rings (SSSR count). The van der Waals surface area contributed by atoms with E-state index in [0.717, 1.165) is 24.8 Å². The first-order valence-corrected chi connectivity index (χ1v) is 9.86. The Morgan fingerprint density at radius 3 is 2.70 bits per heavy atom. The summed E-state index contributed by atoms with van der Waals surface area (Å²) in [5, 5.41) is 10.9. The normalized spacial score (nSPS) is 24.8. The second kappa shape index (κ2) is 7.08. The van der Waals surface area contributed by atoms with Crippen LogP contribution in [0.1, 0.15) is 62.7 Å². The van der Waals surface area contributed by atoms with Crippen LogP contribution in [0.4, 0.5) is 0 Å². The van der Waals surface area contributed by atoms with Gasteiger partial charge in [-0.05, 0) is 43.2 Å². The number of rotatable bonds is 4. The van der Waals surface area contributed by atoms with Gasteiger partial charge >= 0.3 is 0 Å². The summed E-state index contributed by atoms with van der Waals surface area (Å²) < 4.78 is 5.38. The van der Waals surface area contributed by atoms with Crippen molar-refractivity contribution in [3.8, 4) is 11.4 Å². The SMILES string of the molecule is CC(C)(C)Cc1nc(-c2cccc(C(=O)NC3CC4CCC(C3)N4)c2)no1. The van der Waals surface area contributed by atoms with Crippen LogP contribution in [0.15, 0.2) is 28.8 Å². The Bertz CT molecular complexity index is 812. The predicted octanol–water partition coefficient (Wildman–Crippen LogP) is 3.34. The van der Waals surface area contributed by atoms with Gasteiger partial charge in [0.1, 0.15) is 0 Å². The van der Waals surface area contributed by atoms with E-state index in [1.165, 1.54) is 12.8 Å². The minimum Gasteiger partial charge on any atom is -0.349 e. The van der Waals surface area contributed by atoms with Gasteiger partial charge in [0.15, 0.2) is 0 Å². The second-order valence-electron chi connectivity index (χ2n) is 9.11. The number of hydrogen-bond acceptors (Lipinski definition) is 5. The molecule has 2 N–H and O–H groups in total. The van der Waals surface area contributed by atoms with E-state index in [9.17, 15) is 4.79 Å². The Labute approximate surface area is 160 Å². The van der Waals surface area contributed by atoms with Crippen LogP contribution in [-0.4, -0.2) is 34.2 Å². The van der Waals surface area contributed by atoms with Crippen molar-refractivity contribution >= 4 is 5.91 Å². The number of carbonyl (C=O) groups is 1. The number of carbonyl (C=O) groups excluding carboxylic acids is 1. The average molecular weight is 368 g/mol. The molecule has 0 radical (unpaired) electrons. The smallest absolute Gasteiger partial charge is 0.251 e. The fraction of sp³-hybridized carbons (Fsp3) is 0.571. The number of amides is 1. The van der Waals surface area contributed by atoms with E-state index in [-0.39, 0.29) is 17.4 Å². The highest BCUT2D eigenvalue weighted by Gasteiger charge is 2.34. The minimum atomic E-state index is -0.0263. The lowest BCUT2D eigenvalue weighted by Gasteiger charge is -2.29. The van der Waals surface area contributed by atoms with E-state index in [1.54, 1.807) is 0 Å². The molecule has 6 nitrogen and oxygen atoms in total. The zero-order valence-corrected chi connectivity index (χ0v) is 16.3. The van der Waals surface area contributed by atoms with Crippen molar-refractivity contribution in [3.63, 3.8) is 0 Å². The number of nitrogens with zero attached hydrogens (tertiary/aromatic N) is 2. The third-order valence-corrected chi connectivity index (χ3v) is 5.34. The summed E-state index contributed by atoms with van der Waals surface area (Å²) in [4.78, 5) is 17.2. The van der Waals surface area contributed by atoms with Crippen LogP contribution < -0.4 is 10.6 Å². The maximum absolute atomic E-state index is 12.7. The maximum Gasteiger partial charge on any atom is 0.251 e. The van der Waals surface area contributed by atoms with Gasteiger partial charge in [0.2, 0.25) is 11.7 Å². The largest absolute Gasteiger partial charge is 0.349 e. The highest BCUT2D eigenvalue weighted by atomic mass is 16.5. The minimum absolute atomic E-state index is 0.0263. The molecule has 2 aromatic rings. The molecule has 27 heavy (non-hydrogen) atoms. The van der Waals surface area contributed by atoms with Crippen LogP contribution in [0, 0.1) is 5.41 Å². The zero-order valence-electron chi connectivity index (χ0n) is 16.3. The topological polar surface area (TPSA) is 80.0 Å². The number of benzene rings is 1. The molecule has 3 heterocycles. The molecular formula is C21H28N4O2. The molecule has 1 amide bonds. The van der Waals surface area contributed by atoms with Crippen molar-refractivity contribution in [2.75, 3.05) is 0 Å². The van der Waals surface area contributed by atoms with E-state index in [0.29, 0.717) is 29.4 Å². The number of nitrogens with one attached hydrogen (secondary N) is 2. The number of piperidine rings is 1. The van der Waals surface area contributed by atoms with Gasteiger partial charge in [-0.2, -0.15) is 4.98 Å². The lowest BCUT2D eigenvalue weighted by atomic mass is 9.92. The predicted molar refractivity (Wildman–Crippen MR) is 103 cm³/mol. The van der Waals surface area contributed by atoms with E-state index in [1.807, 2.05) is 24.3 Å². The molecule has 144 valence electrons. The summed E-state index contributed by atoms with van der Waals surface area (Å²) in [7, 11) is 0. The van der Waals surface area contributed by atoms with E-state index in [2.05, 4.69) is 41.5 Å². The molecule has 2 aliphatic rings. The first kappa shape index (κ1) is 18.2. The summed E-state index contributed by atoms with van der Waals surface area (Å²) in [6.07, 6.45) is 5.20. The second-order valence-corrected chi connectivity index (χ2v) is 9.11. The molecule has 0 saturated carbocycles. The van der Waals surface area contributed by atoms with Gasteiger partial charge in [-0.3, -0.25) is 4.79 Å². The Hall–Kier alpha value is -2.21. The van der Waals surface area contributed by atoms with Gasteiger partial charge < -0.3 is 15.2 Å². The van der Waals surface area contributed by atoms with Crippen molar-refractivity contribution in [3.05, 3.63) is 35.7 Å². The molecule has 2 unspecified atom stereocenters. The number of fused-ring (bicyclic) bond motifs is 2. The highest BCUT2D eigenvalue weighted by molar-refractivity contribution is 5.95. The van der Waals surface area contributed by atoms with Crippen molar-refractivity contribution < 1.29 is 9.32 Å². The summed E-state index contributed by atoms with van der Waals surface area (Å²) in [6, 6.07) is 8.83. The summed E-state index contributed by atoms with van der Waals surface area (Å²) in [6.45, 7) is 6.40. The molecule has 1 aromatic carbocycles. The van der Waals surface area contributed by atoms with Crippen LogP contribution in [0.2, 0.25) is 0 Å². The lowest BCUT2D eigenvalue weighted by molar-refractivity contribution is 0.0924. The lowest BCUT2D eigenvalue weighted by Crippen LogP contribution is -2.48. The van der Waals surface area contributed by atoms with Crippen molar-refractivity contribution in [1.29, 1.82) is 0 Å². The standard InChI is InChI=1S/C21H28N4O2/c1-21(2,3)12-18-24-19(25-27-18)13-5-4-6-14(9-13)20(26)23-17-10-15-7-8-16(11-17)22-15/h4-6,9,15-17,22H,7-8,10-12H2,1-3H3,(H,23,26). The molecule has 2 aliphatic heterocycles. The molecule has 0 spiro atoms. The Kier molecular flexibility index (Phi) is 4.76. The fourth-order valence-corrected chi connectivity index (χ4v) is 4.14. The van der Waals surface area contributed by atoms with Gasteiger partial charge in [0.05, 0.1) is 0 Å². The van der Waals surface area contributed by atoms with Gasteiger partial charge in [-0.1, -0.05) is 38.1 Å². The quantitative estimate of drug-likeness (QED) is 0.865. The van der Waals surface area contributed by atoms with Crippen LogP contribution >= 0.6 is 0 Å². The van der Waals surface area contributed by atoms with E-state index >= 15 is 0 Å². The molecular weight excluding hydrogens is 340 g/mol. The number of hydrogen-bond donors (Lipinski definition) is 2. The van der Waals surface area contributed by atoms with E-state index < -0.39 is 0 Å². The molecule has 2 fully saturated rings. The maximum atomic E-state index is 12.7. The molecule has 2 saturated heterocycles. The van der Waals surface area contributed by atoms with Gasteiger partial charge in [0, 0.05) is 35.7 Å². The first-order chi connectivity index (χ1) is 12.9. The fourth-order valence-electron chi connectivity index (χ4n) is 4.14. The van der Waals surface area contributed by atoms with Crippen molar-refractivity contribution in [2.45, 2.75) is 71.0 Å². The van der Waals surface area contributed by atoms with Crippen molar-refractivity contribution in [1.82, 2.24) is 20.8 Å². The number of aromatic nitrogens is 2. The monoisotopic (exact) mass is 368 g/mol. The Morgan fingerprint density at radius 2 is 2.00 bits per heavy atom. The Balaban J connectivity index is 1.45. The van der Waals surface area contributed by atoms with Gasteiger partial charge in [0.25, 0.3) is 5.91 Å². The third-order valence-electron chi connectivity index (χ3n) is 5.34. The zero-order chi connectivity index (χ0) is 19.0.